The summed E-state index contributed by atoms with van der Waals surface area (Å²) in [4.78, 5) is 11.3. The highest BCUT2D eigenvalue weighted by Crippen LogP contribution is 2.60. The predicted octanol–water partition coefficient (Wildman–Crippen LogP) is 2.76. The van der Waals surface area contributed by atoms with Crippen molar-refractivity contribution in [2.24, 2.45) is 0 Å². The Morgan fingerprint density at radius 3 is 1.95 bits per heavy atom. The van der Waals surface area contributed by atoms with Gasteiger partial charge < -0.3 is 18.9 Å². The molecule has 124 valence electrons. The standard InChI is InChI=1S/C13H16F3O5P/c1-3-20-22(19,21-4-2)11(12(17)18)9-5-7-10(8-6-9)13(14,15)16/h5-8,11H,3-4H2,1-2H3,(H,17,18)/p-1. The Morgan fingerprint density at radius 2 is 1.64 bits per heavy atom. The van der Waals surface area contributed by atoms with Gasteiger partial charge in [0, 0.05) is 0 Å². The summed E-state index contributed by atoms with van der Waals surface area (Å²) in [5.74, 6) is -1.75. The van der Waals surface area contributed by atoms with Crippen molar-refractivity contribution in [1.82, 2.24) is 0 Å². The monoisotopic (exact) mass is 339 g/mol. The lowest BCUT2D eigenvalue weighted by Crippen LogP contribution is -2.31. The van der Waals surface area contributed by atoms with Gasteiger partial charge in [-0.1, -0.05) is 12.1 Å². The Kier molecular flexibility index (Phi) is 6.17. The van der Waals surface area contributed by atoms with E-state index in [4.69, 9.17) is 9.05 Å². The van der Waals surface area contributed by atoms with Crippen molar-refractivity contribution < 1.29 is 36.7 Å². The highest BCUT2D eigenvalue weighted by Gasteiger charge is 2.38. The first-order valence-electron chi connectivity index (χ1n) is 6.42. The van der Waals surface area contributed by atoms with Gasteiger partial charge in [-0.25, -0.2) is 0 Å². The van der Waals surface area contributed by atoms with Gasteiger partial charge in [-0.3, -0.25) is 4.57 Å². The molecule has 0 saturated carbocycles. The number of hydrogen-bond acceptors (Lipinski definition) is 5. The lowest BCUT2D eigenvalue weighted by Gasteiger charge is -2.27. The van der Waals surface area contributed by atoms with Gasteiger partial charge in [0.05, 0.1) is 24.7 Å². The molecule has 0 aliphatic rings. The highest BCUT2D eigenvalue weighted by molar-refractivity contribution is 7.55. The van der Waals surface area contributed by atoms with Crippen LogP contribution in [0.5, 0.6) is 0 Å². The fourth-order valence-corrected chi connectivity index (χ4v) is 3.74. The number of benzene rings is 1. The molecule has 0 aromatic heterocycles. The summed E-state index contributed by atoms with van der Waals surface area (Å²) in [6, 6.07) is 3.25. The first-order valence-corrected chi connectivity index (χ1v) is 8.03. The number of carbonyl (C=O) groups is 1. The first-order chi connectivity index (χ1) is 10.2. The Labute approximate surface area is 125 Å². The smallest absolute Gasteiger partial charge is 0.416 e. The number of aliphatic carboxylic acids is 1. The first kappa shape index (κ1) is 18.7. The summed E-state index contributed by atoms with van der Waals surface area (Å²) in [5, 5.41) is 11.3. The van der Waals surface area contributed by atoms with E-state index in [2.05, 4.69) is 0 Å². The number of hydrogen-bond donors (Lipinski definition) is 0. The molecule has 0 amide bonds. The lowest BCUT2D eigenvalue weighted by molar-refractivity contribution is -0.305. The number of carbonyl (C=O) groups excluding carboxylic acids is 1. The summed E-state index contributed by atoms with van der Waals surface area (Å²) in [6.07, 6.45) is -4.56. The minimum Gasteiger partial charge on any atom is -0.549 e. The van der Waals surface area contributed by atoms with E-state index in [1.54, 1.807) is 0 Å². The number of halogens is 3. The van der Waals surface area contributed by atoms with Crippen LogP contribution in [0.25, 0.3) is 0 Å². The molecule has 0 saturated heterocycles. The van der Waals surface area contributed by atoms with Gasteiger partial charge in [0.2, 0.25) is 0 Å². The van der Waals surface area contributed by atoms with Gasteiger partial charge >= 0.3 is 13.8 Å². The highest BCUT2D eigenvalue weighted by atomic mass is 31.2. The average molecular weight is 339 g/mol. The van der Waals surface area contributed by atoms with Crippen LogP contribution >= 0.6 is 7.60 Å². The number of carboxylic acid groups (broad SMARTS) is 1. The van der Waals surface area contributed by atoms with E-state index in [-0.39, 0.29) is 18.8 Å². The molecule has 5 nitrogen and oxygen atoms in total. The lowest BCUT2D eigenvalue weighted by atomic mass is 10.1. The molecule has 0 radical (unpaired) electrons. The molecule has 9 heteroatoms. The second-order valence-corrected chi connectivity index (χ2v) is 6.33. The van der Waals surface area contributed by atoms with E-state index in [1.807, 2.05) is 0 Å². The molecule has 1 rings (SSSR count). The molecule has 0 N–H and O–H groups in total. The summed E-state index contributed by atoms with van der Waals surface area (Å²) in [5.41, 5.74) is -2.89. The van der Waals surface area contributed by atoms with E-state index in [0.717, 1.165) is 12.1 Å². The molecule has 22 heavy (non-hydrogen) atoms. The molecule has 1 unspecified atom stereocenters. The largest absolute Gasteiger partial charge is 0.549 e. The van der Waals surface area contributed by atoms with Crippen LogP contribution < -0.4 is 5.11 Å². The zero-order valence-corrected chi connectivity index (χ0v) is 12.8. The molecular weight excluding hydrogens is 324 g/mol. The second kappa shape index (κ2) is 7.26. The van der Waals surface area contributed by atoms with Crippen LogP contribution in [0.1, 0.15) is 30.6 Å². The molecular formula is C13H15F3O5P-. The van der Waals surface area contributed by atoms with E-state index >= 15 is 0 Å². The molecule has 0 spiro atoms. The predicted molar refractivity (Wildman–Crippen MR) is 70.1 cm³/mol. The van der Waals surface area contributed by atoms with Crippen LogP contribution in [-0.4, -0.2) is 19.2 Å². The SMILES string of the molecule is CCOP(=O)(OCC)C(C(=O)[O-])c1ccc(C(F)(F)F)cc1. The molecule has 1 aromatic carbocycles. The summed E-state index contributed by atoms with van der Waals surface area (Å²) in [6.45, 7) is 2.82. The van der Waals surface area contributed by atoms with Crippen molar-refractivity contribution in [2.45, 2.75) is 25.7 Å². The zero-order valence-electron chi connectivity index (χ0n) is 11.9. The van der Waals surface area contributed by atoms with Gasteiger partial charge in [-0.05, 0) is 31.5 Å². The van der Waals surface area contributed by atoms with Crippen LogP contribution in [0.3, 0.4) is 0 Å². The third-order valence-electron chi connectivity index (χ3n) is 2.71. The van der Waals surface area contributed by atoms with Gasteiger partial charge in [0.1, 0.15) is 5.66 Å². The van der Waals surface area contributed by atoms with Crippen LogP contribution in [0.4, 0.5) is 13.2 Å². The van der Waals surface area contributed by atoms with Crippen LogP contribution in [0, 0.1) is 0 Å². The Hall–Kier alpha value is -1.37. The van der Waals surface area contributed by atoms with Crippen molar-refractivity contribution in [1.29, 1.82) is 0 Å². The topological polar surface area (TPSA) is 75.7 Å². The van der Waals surface area contributed by atoms with Crippen LogP contribution in [0.2, 0.25) is 0 Å². The van der Waals surface area contributed by atoms with E-state index in [0.29, 0.717) is 12.1 Å². The van der Waals surface area contributed by atoms with Gasteiger partial charge in [0.15, 0.2) is 0 Å². The minimum atomic E-state index is -4.56. The average Bonchev–Trinajstić information content (AvgIpc) is 2.38. The summed E-state index contributed by atoms with van der Waals surface area (Å²) in [7, 11) is -4.11. The molecule has 0 aliphatic carbocycles. The quantitative estimate of drug-likeness (QED) is 0.714. The fourth-order valence-electron chi connectivity index (χ4n) is 1.85. The number of alkyl halides is 3. The molecule has 1 atom stereocenters. The molecule has 1 aromatic rings. The van der Waals surface area contributed by atoms with Gasteiger partial charge in [-0.2, -0.15) is 13.2 Å². The van der Waals surface area contributed by atoms with Crippen molar-refractivity contribution >= 4 is 13.6 Å². The van der Waals surface area contributed by atoms with E-state index in [9.17, 15) is 27.6 Å². The third-order valence-corrected chi connectivity index (χ3v) is 5.09. The fraction of sp³-hybridized carbons (Fsp3) is 0.462. The third kappa shape index (κ3) is 4.32. The minimum absolute atomic E-state index is 0.0817. The summed E-state index contributed by atoms with van der Waals surface area (Å²) >= 11 is 0. The van der Waals surface area contributed by atoms with Crippen molar-refractivity contribution in [3.63, 3.8) is 0 Å². The maximum absolute atomic E-state index is 12.5. The Balaban J connectivity index is 3.25. The van der Waals surface area contributed by atoms with Crippen molar-refractivity contribution in [2.75, 3.05) is 13.2 Å². The molecule has 0 bridgehead atoms. The van der Waals surface area contributed by atoms with Crippen molar-refractivity contribution in [3.05, 3.63) is 35.4 Å². The molecule has 0 heterocycles. The Morgan fingerprint density at radius 1 is 1.18 bits per heavy atom. The normalized spacial score (nSPS) is 13.9. The molecule has 0 aliphatic heterocycles. The van der Waals surface area contributed by atoms with Gasteiger partial charge in [0.25, 0.3) is 0 Å². The van der Waals surface area contributed by atoms with E-state index in [1.165, 1.54) is 13.8 Å². The maximum atomic E-state index is 12.5. The van der Waals surface area contributed by atoms with Crippen molar-refractivity contribution in [3.8, 4) is 0 Å². The molecule has 0 fully saturated rings. The summed E-state index contributed by atoms with van der Waals surface area (Å²) < 4.78 is 60.0. The maximum Gasteiger partial charge on any atom is 0.416 e. The number of rotatable bonds is 7. The van der Waals surface area contributed by atoms with Crippen LogP contribution in [-0.2, 0) is 24.6 Å². The van der Waals surface area contributed by atoms with Crippen LogP contribution in [0.15, 0.2) is 24.3 Å². The zero-order chi connectivity index (χ0) is 17.0. The second-order valence-electron chi connectivity index (χ2n) is 4.22. The van der Waals surface area contributed by atoms with Gasteiger partial charge in [-0.15, -0.1) is 0 Å². The Bertz CT molecular complexity index is 546. The van der Waals surface area contributed by atoms with E-state index < -0.39 is 31.0 Å². The number of carboxylic acids is 1.